The Hall–Kier alpha value is -3.08. The quantitative estimate of drug-likeness (QED) is 0.751. The zero-order chi connectivity index (χ0) is 18.0. The highest BCUT2D eigenvalue weighted by atomic mass is 16.5. The van der Waals surface area contributed by atoms with Gasteiger partial charge in [0.05, 0.1) is 30.5 Å². The number of benzene rings is 2. The van der Waals surface area contributed by atoms with E-state index in [0.29, 0.717) is 34.7 Å². The zero-order valence-electron chi connectivity index (χ0n) is 14.4. The predicted octanol–water partition coefficient (Wildman–Crippen LogP) is 4.32. The van der Waals surface area contributed by atoms with Gasteiger partial charge in [-0.1, -0.05) is 24.3 Å². The minimum Gasteiger partial charge on any atom is -0.493 e. The van der Waals surface area contributed by atoms with Crippen LogP contribution < -0.4 is 9.47 Å². The Bertz CT molecular complexity index is 950. The van der Waals surface area contributed by atoms with Gasteiger partial charge in [0.1, 0.15) is 0 Å². The molecule has 1 aromatic heterocycles. The fourth-order valence-electron chi connectivity index (χ4n) is 2.84. The standard InChI is InChI=1S/C20H19NO4/c1-4-25-19-10-14-15(20(22)23)9-16(13-8-6-5-7-12(13)2)21-17(14)11-18(19)24-3/h5-11H,4H2,1-3H3,(H,22,23). The number of fused-ring (bicyclic) bond motifs is 1. The van der Waals surface area contributed by atoms with Crippen molar-refractivity contribution in [3.05, 3.63) is 53.6 Å². The van der Waals surface area contributed by atoms with Crippen LogP contribution in [-0.4, -0.2) is 29.8 Å². The summed E-state index contributed by atoms with van der Waals surface area (Å²) in [4.78, 5) is 16.5. The molecule has 0 bridgehead atoms. The summed E-state index contributed by atoms with van der Waals surface area (Å²) < 4.78 is 10.9. The molecule has 0 fully saturated rings. The Morgan fingerprint density at radius 1 is 1.16 bits per heavy atom. The van der Waals surface area contributed by atoms with Gasteiger partial charge < -0.3 is 14.6 Å². The van der Waals surface area contributed by atoms with Crippen molar-refractivity contribution in [2.24, 2.45) is 0 Å². The van der Waals surface area contributed by atoms with Gasteiger partial charge in [-0.3, -0.25) is 0 Å². The van der Waals surface area contributed by atoms with Crippen LogP contribution in [0.2, 0.25) is 0 Å². The number of carboxylic acid groups (broad SMARTS) is 1. The molecule has 1 N–H and O–H groups in total. The molecule has 2 aromatic carbocycles. The van der Waals surface area contributed by atoms with Gasteiger partial charge in [-0.2, -0.15) is 0 Å². The second-order valence-corrected chi connectivity index (χ2v) is 5.63. The molecule has 0 saturated carbocycles. The fourth-order valence-corrected chi connectivity index (χ4v) is 2.84. The summed E-state index contributed by atoms with van der Waals surface area (Å²) in [7, 11) is 1.55. The van der Waals surface area contributed by atoms with Crippen LogP contribution in [0.4, 0.5) is 0 Å². The van der Waals surface area contributed by atoms with Crippen LogP contribution in [0, 0.1) is 6.92 Å². The molecule has 0 aliphatic carbocycles. The van der Waals surface area contributed by atoms with Crippen LogP contribution in [0.3, 0.4) is 0 Å². The van der Waals surface area contributed by atoms with Crippen molar-refractivity contribution >= 4 is 16.9 Å². The molecule has 0 atom stereocenters. The third-order valence-electron chi connectivity index (χ3n) is 4.05. The van der Waals surface area contributed by atoms with Crippen molar-refractivity contribution in [3.63, 3.8) is 0 Å². The van der Waals surface area contributed by atoms with Gasteiger partial charge >= 0.3 is 5.97 Å². The van der Waals surface area contributed by atoms with Gasteiger partial charge in [-0.25, -0.2) is 9.78 Å². The molecule has 0 radical (unpaired) electrons. The smallest absolute Gasteiger partial charge is 0.336 e. The van der Waals surface area contributed by atoms with E-state index in [0.717, 1.165) is 11.1 Å². The number of methoxy groups -OCH3 is 1. The van der Waals surface area contributed by atoms with Crippen molar-refractivity contribution in [1.82, 2.24) is 4.98 Å². The SMILES string of the molecule is CCOc1cc2c(C(=O)O)cc(-c3ccccc3C)nc2cc1OC. The van der Waals surface area contributed by atoms with Crippen molar-refractivity contribution in [2.75, 3.05) is 13.7 Å². The Morgan fingerprint density at radius 2 is 1.92 bits per heavy atom. The van der Waals surface area contributed by atoms with Gasteiger partial charge in [0.15, 0.2) is 11.5 Å². The van der Waals surface area contributed by atoms with Crippen LogP contribution >= 0.6 is 0 Å². The number of rotatable bonds is 5. The molecule has 128 valence electrons. The molecule has 5 heteroatoms. The summed E-state index contributed by atoms with van der Waals surface area (Å²) in [5, 5.41) is 10.2. The summed E-state index contributed by atoms with van der Waals surface area (Å²) in [6.45, 7) is 4.29. The second kappa shape index (κ2) is 6.81. The predicted molar refractivity (Wildman–Crippen MR) is 96.6 cm³/mol. The molecule has 5 nitrogen and oxygen atoms in total. The number of pyridine rings is 1. The maximum Gasteiger partial charge on any atom is 0.336 e. The molecule has 3 rings (SSSR count). The summed E-state index contributed by atoms with van der Waals surface area (Å²) in [6.07, 6.45) is 0. The average molecular weight is 337 g/mol. The number of nitrogens with zero attached hydrogens (tertiary/aromatic N) is 1. The first-order chi connectivity index (χ1) is 12.0. The Kier molecular flexibility index (Phi) is 4.57. The largest absolute Gasteiger partial charge is 0.493 e. The Morgan fingerprint density at radius 3 is 2.56 bits per heavy atom. The topological polar surface area (TPSA) is 68.7 Å². The number of carbonyl (C=O) groups is 1. The minimum atomic E-state index is -1.00. The average Bonchev–Trinajstić information content (AvgIpc) is 2.61. The van der Waals surface area contributed by atoms with E-state index in [1.165, 1.54) is 0 Å². The molecular weight excluding hydrogens is 318 g/mol. The zero-order valence-corrected chi connectivity index (χ0v) is 14.4. The normalized spacial score (nSPS) is 10.7. The number of aromatic nitrogens is 1. The van der Waals surface area contributed by atoms with Crippen molar-refractivity contribution in [1.29, 1.82) is 0 Å². The van der Waals surface area contributed by atoms with Crippen LogP contribution in [0.15, 0.2) is 42.5 Å². The number of carboxylic acids is 1. The van der Waals surface area contributed by atoms with Gasteiger partial charge in [-0.15, -0.1) is 0 Å². The first-order valence-electron chi connectivity index (χ1n) is 8.00. The molecule has 0 aliphatic heterocycles. The third kappa shape index (κ3) is 3.13. The summed E-state index contributed by atoms with van der Waals surface area (Å²) >= 11 is 0. The van der Waals surface area contributed by atoms with Gasteiger partial charge in [0, 0.05) is 17.0 Å². The van der Waals surface area contributed by atoms with Crippen LogP contribution in [0.5, 0.6) is 11.5 Å². The lowest BCUT2D eigenvalue weighted by molar-refractivity contribution is 0.0699. The van der Waals surface area contributed by atoms with Crippen molar-refractivity contribution in [2.45, 2.75) is 13.8 Å². The lowest BCUT2D eigenvalue weighted by Gasteiger charge is -2.13. The molecule has 0 spiro atoms. The molecule has 0 aliphatic rings. The lowest BCUT2D eigenvalue weighted by Crippen LogP contribution is -2.02. The van der Waals surface area contributed by atoms with Gasteiger partial charge in [-0.05, 0) is 31.5 Å². The van der Waals surface area contributed by atoms with Crippen LogP contribution in [0.25, 0.3) is 22.2 Å². The third-order valence-corrected chi connectivity index (χ3v) is 4.05. The van der Waals surface area contributed by atoms with Crippen LogP contribution in [-0.2, 0) is 0 Å². The molecule has 0 saturated heterocycles. The first-order valence-corrected chi connectivity index (χ1v) is 8.00. The van der Waals surface area contributed by atoms with E-state index in [2.05, 4.69) is 4.98 Å². The molecular formula is C20H19NO4. The van der Waals surface area contributed by atoms with E-state index in [1.807, 2.05) is 38.1 Å². The summed E-state index contributed by atoms with van der Waals surface area (Å²) in [5.74, 6) is 0.0282. The van der Waals surface area contributed by atoms with E-state index in [-0.39, 0.29) is 5.56 Å². The van der Waals surface area contributed by atoms with Crippen molar-refractivity contribution in [3.8, 4) is 22.8 Å². The van der Waals surface area contributed by atoms with Gasteiger partial charge in [0.25, 0.3) is 0 Å². The Balaban J connectivity index is 2.31. The summed E-state index contributed by atoms with van der Waals surface area (Å²) in [6, 6.07) is 12.8. The number of ether oxygens (including phenoxy) is 2. The minimum absolute atomic E-state index is 0.187. The maximum absolute atomic E-state index is 11.8. The van der Waals surface area contributed by atoms with Gasteiger partial charge in [0.2, 0.25) is 0 Å². The first kappa shape index (κ1) is 16.8. The van der Waals surface area contributed by atoms with E-state index in [1.54, 1.807) is 25.3 Å². The highest BCUT2D eigenvalue weighted by Gasteiger charge is 2.17. The number of aromatic carboxylic acids is 1. The fraction of sp³-hybridized carbons (Fsp3) is 0.200. The molecule has 0 amide bonds. The molecule has 1 heterocycles. The summed E-state index contributed by atoms with van der Waals surface area (Å²) in [5.41, 5.74) is 3.29. The highest BCUT2D eigenvalue weighted by molar-refractivity contribution is 6.04. The number of hydrogen-bond acceptors (Lipinski definition) is 4. The Labute approximate surface area is 145 Å². The molecule has 25 heavy (non-hydrogen) atoms. The van der Waals surface area contributed by atoms with E-state index >= 15 is 0 Å². The van der Waals surface area contributed by atoms with E-state index in [4.69, 9.17) is 9.47 Å². The number of aryl methyl sites for hydroxylation is 1. The number of hydrogen-bond donors (Lipinski definition) is 1. The molecule has 0 unspecified atom stereocenters. The second-order valence-electron chi connectivity index (χ2n) is 5.63. The van der Waals surface area contributed by atoms with E-state index in [9.17, 15) is 9.90 Å². The monoisotopic (exact) mass is 337 g/mol. The lowest BCUT2D eigenvalue weighted by atomic mass is 10.0. The maximum atomic E-state index is 11.8. The highest BCUT2D eigenvalue weighted by Crippen LogP contribution is 2.35. The van der Waals surface area contributed by atoms with Crippen molar-refractivity contribution < 1.29 is 19.4 Å². The van der Waals surface area contributed by atoms with E-state index < -0.39 is 5.97 Å². The van der Waals surface area contributed by atoms with Crippen LogP contribution in [0.1, 0.15) is 22.8 Å². The molecule has 3 aromatic rings.